The maximum Gasteiger partial charge on any atom is 0.573 e. The van der Waals surface area contributed by atoms with E-state index in [0.29, 0.717) is 0 Å². The van der Waals surface area contributed by atoms with Crippen molar-refractivity contribution in [1.82, 2.24) is 4.98 Å². The van der Waals surface area contributed by atoms with E-state index in [1.165, 1.54) is 0 Å². The second-order valence-electron chi connectivity index (χ2n) is 3.57. The van der Waals surface area contributed by atoms with Gasteiger partial charge in [-0.05, 0) is 0 Å². The fraction of sp³-hybridized carbons (Fsp3) is 0.375. The van der Waals surface area contributed by atoms with Crippen LogP contribution >= 0.6 is 0 Å². The summed E-state index contributed by atoms with van der Waals surface area (Å²) < 4.78 is 100. The van der Waals surface area contributed by atoms with Crippen LogP contribution in [-0.4, -0.2) is 19.8 Å². The van der Waals surface area contributed by atoms with Crippen LogP contribution in [0.1, 0.15) is 11.3 Å². The van der Waals surface area contributed by atoms with Crippen LogP contribution in [-0.2, 0) is 22.7 Å². The Kier molecular flexibility index (Phi) is 4.41. The van der Waals surface area contributed by atoms with Crippen LogP contribution in [0.3, 0.4) is 0 Å². The second-order valence-corrected chi connectivity index (χ2v) is 5.10. The average Bonchev–Trinajstić information content (AvgIpc) is 2.23. The maximum absolute atomic E-state index is 12.6. The number of ether oxygens (including phenoxy) is 1. The van der Waals surface area contributed by atoms with E-state index < -0.39 is 51.0 Å². The third-order valence-electron chi connectivity index (χ3n) is 2.09. The van der Waals surface area contributed by atoms with Gasteiger partial charge in [0.25, 0.3) is 0 Å². The number of aromatic nitrogens is 1. The number of nitrogens with zero attached hydrogens (tertiary/aromatic N) is 1. The number of primary sulfonamides is 1. The Balaban J connectivity index is 3.73. The lowest BCUT2D eigenvalue weighted by Crippen LogP contribution is -2.25. The zero-order valence-electron chi connectivity index (χ0n) is 9.79. The predicted molar refractivity (Wildman–Crippen MR) is 55.2 cm³/mol. The van der Waals surface area contributed by atoms with Gasteiger partial charge in [-0.3, -0.25) is 0 Å². The second kappa shape index (κ2) is 5.31. The van der Waals surface area contributed by atoms with Crippen LogP contribution in [0, 0.1) is 0 Å². The van der Waals surface area contributed by atoms with E-state index in [1.54, 1.807) is 0 Å². The van der Waals surface area contributed by atoms with Gasteiger partial charge >= 0.3 is 12.5 Å². The zero-order chi connectivity index (χ0) is 16.6. The van der Waals surface area contributed by atoms with Crippen molar-refractivity contribution < 1.29 is 39.5 Å². The third-order valence-corrected chi connectivity index (χ3v) is 3.06. The van der Waals surface area contributed by atoms with Gasteiger partial charge in [-0.25, -0.2) is 18.5 Å². The lowest BCUT2D eigenvalue weighted by Gasteiger charge is -2.18. The number of alkyl halides is 6. The summed E-state index contributed by atoms with van der Waals surface area (Å²) in [4.78, 5) is 1.56. The number of hydrogen-bond donors (Lipinski definition) is 2. The number of nitrogens with two attached hydrogens (primary N) is 2. The molecule has 0 radical (unpaired) electrons. The van der Waals surface area contributed by atoms with Crippen LogP contribution in [0.2, 0.25) is 0 Å². The molecule has 6 nitrogen and oxygen atoms in total. The number of rotatable bonds is 3. The maximum atomic E-state index is 12.6. The highest BCUT2D eigenvalue weighted by Gasteiger charge is 2.43. The molecule has 1 aromatic rings. The van der Waals surface area contributed by atoms with Crippen molar-refractivity contribution >= 4 is 10.0 Å². The van der Waals surface area contributed by atoms with Gasteiger partial charge in [0.15, 0.2) is 11.4 Å². The van der Waals surface area contributed by atoms with Gasteiger partial charge in [0.2, 0.25) is 10.0 Å². The van der Waals surface area contributed by atoms with Crippen molar-refractivity contribution in [3.8, 4) is 5.75 Å². The van der Waals surface area contributed by atoms with Gasteiger partial charge in [0.05, 0.1) is 0 Å². The Morgan fingerprint density at radius 2 is 1.71 bits per heavy atom. The molecule has 0 aliphatic rings. The Labute approximate surface area is 113 Å². The molecule has 0 saturated heterocycles. The van der Waals surface area contributed by atoms with E-state index in [2.05, 4.69) is 14.9 Å². The summed E-state index contributed by atoms with van der Waals surface area (Å²) in [6.45, 7) is -0.997. The molecule has 1 aromatic heterocycles. The van der Waals surface area contributed by atoms with E-state index in [-0.39, 0.29) is 6.20 Å². The monoisotopic (exact) mass is 339 g/mol. The van der Waals surface area contributed by atoms with E-state index in [9.17, 15) is 34.8 Å². The third kappa shape index (κ3) is 4.18. The first-order chi connectivity index (χ1) is 9.27. The highest BCUT2D eigenvalue weighted by atomic mass is 32.2. The Bertz CT molecular complexity index is 640. The highest BCUT2D eigenvalue weighted by molar-refractivity contribution is 7.89. The molecular formula is C8H7F6N3O3S. The minimum absolute atomic E-state index is 0.170. The first kappa shape index (κ1) is 17.5. The number of sulfonamides is 1. The Morgan fingerprint density at radius 3 is 2.05 bits per heavy atom. The summed E-state index contributed by atoms with van der Waals surface area (Å²) in [6.07, 6.45) is -10.7. The van der Waals surface area contributed by atoms with Gasteiger partial charge < -0.3 is 10.5 Å². The quantitative estimate of drug-likeness (QED) is 0.802. The fourth-order valence-electron chi connectivity index (χ4n) is 1.38. The number of pyridine rings is 1. The van der Waals surface area contributed by atoms with Gasteiger partial charge in [-0.1, -0.05) is 0 Å². The van der Waals surface area contributed by atoms with Gasteiger partial charge in [0, 0.05) is 18.3 Å². The van der Waals surface area contributed by atoms with Crippen molar-refractivity contribution in [2.45, 2.75) is 24.0 Å². The molecule has 120 valence electrons. The first-order valence-electron chi connectivity index (χ1n) is 4.85. The summed E-state index contributed by atoms with van der Waals surface area (Å²) in [6, 6.07) is 0. The molecule has 0 atom stereocenters. The molecule has 0 aliphatic carbocycles. The molecule has 0 fully saturated rings. The van der Waals surface area contributed by atoms with E-state index in [4.69, 9.17) is 5.73 Å². The molecular weight excluding hydrogens is 332 g/mol. The van der Waals surface area contributed by atoms with Crippen LogP contribution in [0.4, 0.5) is 26.3 Å². The van der Waals surface area contributed by atoms with Crippen LogP contribution in [0.15, 0.2) is 11.1 Å². The molecule has 0 unspecified atom stereocenters. The summed E-state index contributed by atoms with van der Waals surface area (Å²) in [5.41, 5.74) is 1.88. The minimum Gasteiger partial charge on any atom is -0.403 e. The van der Waals surface area contributed by atoms with Crippen LogP contribution in [0.25, 0.3) is 0 Å². The molecule has 21 heavy (non-hydrogen) atoms. The Morgan fingerprint density at radius 1 is 1.19 bits per heavy atom. The molecule has 1 rings (SSSR count). The number of hydrogen-bond acceptors (Lipinski definition) is 5. The van der Waals surface area contributed by atoms with E-state index in [0.717, 1.165) is 0 Å². The van der Waals surface area contributed by atoms with E-state index >= 15 is 0 Å². The van der Waals surface area contributed by atoms with Gasteiger partial charge in [0.1, 0.15) is 4.90 Å². The molecule has 4 N–H and O–H groups in total. The minimum atomic E-state index is -5.51. The molecule has 0 spiro atoms. The predicted octanol–water partition coefficient (Wildman–Crippen LogP) is 1.11. The van der Waals surface area contributed by atoms with Crippen molar-refractivity contribution in [1.29, 1.82) is 0 Å². The standard InChI is InChI=1S/C8H7F6N3O3S/c9-7(10,11)6-5(20-8(12,13)14)3(1-15)4(2-17-6)21(16,18)19/h2H,1,15H2,(H2,16,18,19). The van der Waals surface area contributed by atoms with Crippen molar-refractivity contribution in [2.24, 2.45) is 10.9 Å². The zero-order valence-corrected chi connectivity index (χ0v) is 10.6. The summed E-state index contributed by atoms with van der Waals surface area (Å²) in [5, 5.41) is 4.68. The van der Waals surface area contributed by atoms with Crippen molar-refractivity contribution in [3.63, 3.8) is 0 Å². The first-order valence-corrected chi connectivity index (χ1v) is 6.39. The van der Waals surface area contributed by atoms with E-state index in [1.807, 2.05) is 0 Å². The normalized spacial score (nSPS) is 13.3. The average molecular weight is 339 g/mol. The van der Waals surface area contributed by atoms with Crippen LogP contribution < -0.4 is 15.6 Å². The summed E-state index contributed by atoms with van der Waals surface area (Å²) >= 11 is 0. The molecule has 0 amide bonds. The number of halogens is 6. The molecule has 0 aromatic carbocycles. The lowest BCUT2D eigenvalue weighted by molar-refractivity contribution is -0.276. The topological polar surface area (TPSA) is 108 Å². The highest BCUT2D eigenvalue weighted by Crippen LogP contribution is 2.40. The summed E-state index contributed by atoms with van der Waals surface area (Å²) in [7, 11) is -4.64. The molecule has 0 aliphatic heterocycles. The smallest absolute Gasteiger partial charge is 0.403 e. The van der Waals surface area contributed by atoms with Crippen molar-refractivity contribution in [3.05, 3.63) is 17.5 Å². The molecule has 1 heterocycles. The molecule has 0 bridgehead atoms. The van der Waals surface area contributed by atoms with Gasteiger partial charge in [-0.15, -0.1) is 13.2 Å². The van der Waals surface area contributed by atoms with Crippen LogP contribution in [0.5, 0.6) is 5.75 Å². The molecule has 13 heteroatoms. The fourth-order valence-corrected chi connectivity index (χ4v) is 2.10. The van der Waals surface area contributed by atoms with Gasteiger partial charge in [-0.2, -0.15) is 13.2 Å². The SMILES string of the molecule is NCc1c(S(N)(=O)=O)cnc(C(F)(F)F)c1OC(F)(F)F. The van der Waals surface area contributed by atoms with Crippen molar-refractivity contribution in [2.75, 3.05) is 0 Å². The largest absolute Gasteiger partial charge is 0.573 e. The summed E-state index contributed by atoms with van der Waals surface area (Å²) in [5.74, 6) is -1.84. The lowest BCUT2D eigenvalue weighted by atomic mass is 10.2. The molecule has 0 saturated carbocycles. The Hall–Kier alpha value is -1.60.